The van der Waals surface area contributed by atoms with E-state index in [0.29, 0.717) is 25.9 Å². The van der Waals surface area contributed by atoms with Gasteiger partial charge in [0.15, 0.2) is 0 Å². The Balaban J connectivity index is 3.41. The molecule has 1 amide bonds. The van der Waals surface area contributed by atoms with Crippen molar-refractivity contribution in [2.24, 2.45) is 0 Å². The first kappa shape index (κ1) is 66.9. The van der Waals surface area contributed by atoms with Crippen LogP contribution in [-0.4, -0.2) is 47.4 Å². The summed E-state index contributed by atoms with van der Waals surface area (Å²) in [5.41, 5.74) is 0. The number of amides is 1. The monoisotopic (exact) mass is 962 g/mol. The summed E-state index contributed by atoms with van der Waals surface area (Å²) in [5.74, 6) is -0.0289. The minimum atomic E-state index is -0.668. The molecule has 0 aliphatic rings. The maximum absolute atomic E-state index is 12.5. The van der Waals surface area contributed by atoms with Gasteiger partial charge in [-0.1, -0.05) is 322 Å². The summed E-state index contributed by atoms with van der Waals surface area (Å²) in [5, 5.41) is 23.4. The lowest BCUT2D eigenvalue weighted by Crippen LogP contribution is -2.45. The minimum absolute atomic E-state index is 0.00646. The SMILES string of the molecule is CCCCCCCCCCCCCCCCCCCCCCCCCC(O)C(CO)NC(=O)CCCCCCCCCCCCCCCCCCCOC(=O)CCCCCCCCCCCCC. The highest BCUT2D eigenvalue weighted by Gasteiger charge is 2.20. The van der Waals surface area contributed by atoms with E-state index in [1.54, 1.807) is 0 Å². The second-order valence-corrected chi connectivity index (χ2v) is 21.8. The molecule has 3 N–H and O–H groups in total. The number of aliphatic hydroxyl groups is 2. The van der Waals surface area contributed by atoms with Gasteiger partial charge in [0.2, 0.25) is 5.91 Å². The number of carbonyl (C=O) groups excluding carboxylic acids is 2. The van der Waals surface area contributed by atoms with Gasteiger partial charge in [-0.25, -0.2) is 0 Å². The molecule has 0 spiro atoms. The highest BCUT2D eigenvalue weighted by molar-refractivity contribution is 5.76. The standard InChI is InChI=1S/C62H123NO5/c1-3-5-7-9-11-13-15-16-17-18-19-20-21-22-23-25-28-31-35-38-42-46-50-54-60(65)59(58-64)63-61(66)55-51-47-43-39-36-32-29-26-24-27-30-33-37-41-45-49-53-57-68-62(67)56-52-48-44-40-34-14-12-10-8-6-4-2/h59-60,64-65H,3-58H2,1-2H3,(H,63,66). The molecule has 0 fully saturated rings. The first-order chi connectivity index (χ1) is 33.5. The predicted octanol–water partition coefficient (Wildman–Crippen LogP) is 19.5. The van der Waals surface area contributed by atoms with Crippen LogP contribution in [0.25, 0.3) is 0 Å². The van der Waals surface area contributed by atoms with Crippen LogP contribution in [0.3, 0.4) is 0 Å². The topological polar surface area (TPSA) is 95.9 Å². The van der Waals surface area contributed by atoms with Crippen molar-refractivity contribution in [3.63, 3.8) is 0 Å². The number of hydrogen-bond donors (Lipinski definition) is 3. The van der Waals surface area contributed by atoms with Crippen molar-refractivity contribution < 1.29 is 24.5 Å². The predicted molar refractivity (Wildman–Crippen MR) is 297 cm³/mol. The molecular formula is C62H123NO5. The number of nitrogens with one attached hydrogen (secondary N) is 1. The summed E-state index contributed by atoms with van der Waals surface area (Å²) >= 11 is 0. The lowest BCUT2D eigenvalue weighted by atomic mass is 10.0. The summed E-state index contributed by atoms with van der Waals surface area (Å²) < 4.78 is 5.46. The molecule has 0 aromatic heterocycles. The van der Waals surface area contributed by atoms with E-state index >= 15 is 0 Å². The van der Waals surface area contributed by atoms with Crippen molar-refractivity contribution in [3.8, 4) is 0 Å². The Bertz CT molecular complexity index is 975. The Hall–Kier alpha value is -1.14. The van der Waals surface area contributed by atoms with E-state index in [4.69, 9.17) is 4.74 Å². The second-order valence-electron chi connectivity index (χ2n) is 21.8. The summed E-state index contributed by atoms with van der Waals surface area (Å²) in [4.78, 5) is 24.5. The summed E-state index contributed by atoms with van der Waals surface area (Å²) in [6, 6.07) is -0.545. The largest absolute Gasteiger partial charge is 0.466 e. The first-order valence-corrected chi connectivity index (χ1v) is 31.3. The molecule has 0 aliphatic carbocycles. The lowest BCUT2D eigenvalue weighted by molar-refractivity contribution is -0.143. The smallest absolute Gasteiger partial charge is 0.305 e. The minimum Gasteiger partial charge on any atom is -0.466 e. The van der Waals surface area contributed by atoms with Gasteiger partial charge in [0.25, 0.3) is 0 Å². The van der Waals surface area contributed by atoms with Crippen molar-refractivity contribution in [1.29, 1.82) is 0 Å². The van der Waals surface area contributed by atoms with Gasteiger partial charge in [-0.15, -0.1) is 0 Å². The molecule has 0 heterocycles. The number of unbranched alkanes of at least 4 members (excludes halogenated alkanes) is 48. The van der Waals surface area contributed by atoms with Crippen molar-refractivity contribution in [2.45, 2.75) is 373 Å². The summed E-state index contributed by atoms with van der Waals surface area (Å²) in [6.45, 7) is 4.97. The number of esters is 1. The molecule has 6 nitrogen and oxygen atoms in total. The number of aliphatic hydroxyl groups excluding tert-OH is 2. The van der Waals surface area contributed by atoms with Crippen LogP contribution in [0.2, 0.25) is 0 Å². The van der Waals surface area contributed by atoms with E-state index < -0.39 is 12.1 Å². The molecule has 0 bridgehead atoms. The highest BCUT2D eigenvalue weighted by atomic mass is 16.5. The zero-order valence-corrected chi connectivity index (χ0v) is 46.4. The molecule has 406 valence electrons. The van der Waals surface area contributed by atoms with Gasteiger partial charge in [-0.3, -0.25) is 9.59 Å². The molecule has 68 heavy (non-hydrogen) atoms. The van der Waals surface area contributed by atoms with E-state index in [1.807, 2.05) is 0 Å². The Labute approximate surface area is 426 Å². The number of hydrogen-bond acceptors (Lipinski definition) is 5. The fourth-order valence-electron chi connectivity index (χ4n) is 10.1. The molecule has 0 aromatic carbocycles. The molecule has 0 aromatic rings. The quantitative estimate of drug-likeness (QED) is 0.0417. The van der Waals surface area contributed by atoms with Gasteiger partial charge < -0.3 is 20.3 Å². The Kier molecular flexibility index (Phi) is 57.5. The molecule has 0 saturated heterocycles. The number of carbonyl (C=O) groups is 2. The average Bonchev–Trinajstić information content (AvgIpc) is 3.34. The van der Waals surface area contributed by atoms with Crippen molar-refractivity contribution in [1.82, 2.24) is 5.32 Å². The third-order valence-electron chi connectivity index (χ3n) is 14.9. The third kappa shape index (κ3) is 54.2. The van der Waals surface area contributed by atoms with Gasteiger partial charge in [-0.05, 0) is 25.7 Å². The van der Waals surface area contributed by atoms with Gasteiger partial charge >= 0.3 is 5.97 Å². The maximum Gasteiger partial charge on any atom is 0.305 e. The normalized spacial score (nSPS) is 12.5. The van der Waals surface area contributed by atoms with Crippen LogP contribution in [0.1, 0.15) is 361 Å². The molecule has 6 heteroatoms. The summed E-state index contributed by atoms with van der Waals surface area (Å²) in [7, 11) is 0. The average molecular weight is 963 g/mol. The van der Waals surface area contributed by atoms with Crippen molar-refractivity contribution in [2.75, 3.05) is 13.2 Å². The van der Waals surface area contributed by atoms with E-state index in [2.05, 4.69) is 19.2 Å². The van der Waals surface area contributed by atoms with Gasteiger partial charge in [-0.2, -0.15) is 0 Å². The van der Waals surface area contributed by atoms with Crippen molar-refractivity contribution in [3.05, 3.63) is 0 Å². The summed E-state index contributed by atoms with van der Waals surface area (Å²) in [6.07, 6.45) is 68.2. The van der Waals surface area contributed by atoms with Gasteiger partial charge in [0, 0.05) is 12.8 Å². The van der Waals surface area contributed by atoms with Crippen LogP contribution < -0.4 is 5.32 Å². The number of ether oxygens (including phenoxy) is 1. The number of rotatable bonds is 59. The zero-order valence-electron chi connectivity index (χ0n) is 46.4. The van der Waals surface area contributed by atoms with E-state index in [9.17, 15) is 19.8 Å². The Morgan fingerprint density at radius 2 is 0.603 bits per heavy atom. The van der Waals surface area contributed by atoms with Crippen LogP contribution in [-0.2, 0) is 14.3 Å². The molecule has 0 aliphatic heterocycles. The molecular weight excluding hydrogens is 839 g/mol. The third-order valence-corrected chi connectivity index (χ3v) is 14.9. The fourth-order valence-corrected chi connectivity index (χ4v) is 10.1. The van der Waals surface area contributed by atoms with Gasteiger partial charge in [0.05, 0.1) is 25.4 Å². The highest BCUT2D eigenvalue weighted by Crippen LogP contribution is 2.19. The van der Waals surface area contributed by atoms with Crippen LogP contribution in [0, 0.1) is 0 Å². The zero-order chi connectivity index (χ0) is 49.3. The van der Waals surface area contributed by atoms with Crippen molar-refractivity contribution >= 4 is 11.9 Å². The molecule has 0 rings (SSSR count). The second kappa shape index (κ2) is 58.4. The molecule has 0 radical (unpaired) electrons. The molecule has 2 atom stereocenters. The molecule has 2 unspecified atom stereocenters. The maximum atomic E-state index is 12.5. The van der Waals surface area contributed by atoms with Crippen LogP contribution >= 0.6 is 0 Å². The van der Waals surface area contributed by atoms with Crippen LogP contribution in [0.5, 0.6) is 0 Å². The Morgan fingerprint density at radius 1 is 0.353 bits per heavy atom. The fraction of sp³-hybridized carbons (Fsp3) is 0.968. The van der Waals surface area contributed by atoms with E-state index in [-0.39, 0.29) is 18.5 Å². The Morgan fingerprint density at radius 3 is 0.897 bits per heavy atom. The van der Waals surface area contributed by atoms with E-state index in [0.717, 1.165) is 38.5 Å². The van der Waals surface area contributed by atoms with Gasteiger partial charge in [0.1, 0.15) is 0 Å². The first-order valence-electron chi connectivity index (χ1n) is 31.3. The van der Waals surface area contributed by atoms with Crippen LogP contribution in [0.15, 0.2) is 0 Å². The van der Waals surface area contributed by atoms with E-state index in [1.165, 1.54) is 289 Å². The molecule has 0 saturated carbocycles. The van der Waals surface area contributed by atoms with Crippen LogP contribution in [0.4, 0.5) is 0 Å². The lowest BCUT2D eigenvalue weighted by Gasteiger charge is -2.22.